The van der Waals surface area contributed by atoms with Crippen molar-refractivity contribution in [2.75, 3.05) is 0 Å². The molecule has 4 heterocycles. The number of imidazole rings is 1. The van der Waals surface area contributed by atoms with Crippen molar-refractivity contribution < 1.29 is 8.78 Å². The first-order chi connectivity index (χ1) is 15.9. The van der Waals surface area contributed by atoms with Gasteiger partial charge in [-0.2, -0.15) is 5.10 Å². The molecule has 0 spiro atoms. The van der Waals surface area contributed by atoms with Gasteiger partial charge in [-0.05, 0) is 31.0 Å². The van der Waals surface area contributed by atoms with Crippen LogP contribution in [0.25, 0.3) is 16.7 Å². The second-order valence-electron chi connectivity index (χ2n) is 8.34. The van der Waals surface area contributed by atoms with Gasteiger partial charge in [0.1, 0.15) is 12.0 Å². The minimum absolute atomic E-state index is 0.163. The lowest BCUT2D eigenvalue weighted by molar-refractivity contribution is 0.187. The molecule has 0 saturated heterocycles. The van der Waals surface area contributed by atoms with E-state index in [0.717, 1.165) is 30.5 Å². The topological polar surface area (TPSA) is 95.2 Å². The van der Waals surface area contributed by atoms with Crippen LogP contribution in [-0.2, 0) is 27.2 Å². The number of alkyl halides is 1. The third-order valence-corrected chi connectivity index (χ3v) is 6.18. The number of halogens is 2. The maximum atomic E-state index is 14.2. The van der Waals surface area contributed by atoms with Crippen LogP contribution in [-0.4, -0.2) is 35.9 Å². The number of pyridine rings is 2. The molecule has 3 N–H and O–H groups in total. The van der Waals surface area contributed by atoms with Crippen LogP contribution in [0.15, 0.2) is 41.3 Å². The molecule has 0 aliphatic heterocycles. The van der Waals surface area contributed by atoms with Crippen molar-refractivity contribution in [1.82, 2.24) is 29.0 Å². The van der Waals surface area contributed by atoms with Gasteiger partial charge in [0, 0.05) is 45.5 Å². The van der Waals surface area contributed by atoms with Crippen molar-refractivity contribution in [2.45, 2.75) is 51.0 Å². The molecule has 1 fully saturated rings. The van der Waals surface area contributed by atoms with Crippen LogP contribution in [0, 0.1) is 5.82 Å². The molecule has 1 aliphatic rings. The number of aryl methyl sites for hydroxylation is 2. The van der Waals surface area contributed by atoms with Gasteiger partial charge in [-0.15, -0.1) is 0 Å². The number of nitrogens with two attached hydrogens (primary N) is 1. The minimum atomic E-state index is -0.887. The van der Waals surface area contributed by atoms with E-state index in [2.05, 4.69) is 15.4 Å². The lowest BCUT2D eigenvalue weighted by Gasteiger charge is -2.26. The number of hydrogen-bond acceptors (Lipinski definition) is 5. The van der Waals surface area contributed by atoms with E-state index < -0.39 is 12.0 Å². The number of fused-ring (bicyclic) bond motifs is 2. The lowest BCUT2D eigenvalue weighted by atomic mass is 9.93. The molecule has 1 aliphatic carbocycles. The van der Waals surface area contributed by atoms with Crippen LogP contribution in [0.2, 0.25) is 0 Å². The van der Waals surface area contributed by atoms with E-state index >= 15 is 0 Å². The first-order valence-electron chi connectivity index (χ1n) is 11.1. The first-order valence-corrected chi connectivity index (χ1v) is 11.1. The maximum absolute atomic E-state index is 14.2. The molecule has 4 aromatic rings. The van der Waals surface area contributed by atoms with E-state index in [1.165, 1.54) is 15.2 Å². The molecule has 10 heteroatoms. The Morgan fingerprint density at radius 1 is 1.18 bits per heavy atom. The largest absolute Gasteiger partial charge is 0.329 e. The average molecular weight is 458 g/mol. The summed E-state index contributed by atoms with van der Waals surface area (Å²) in [6, 6.07) is 8.99. The van der Waals surface area contributed by atoms with Crippen LogP contribution < -0.4 is 16.7 Å². The van der Waals surface area contributed by atoms with Gasteiger partial charge in [-0.1, -0.05) is 18.9 Å². The molecule has 33 heavy (non-hydrogen) atoms. The zero-order valence-electron chi connectivity index (χ0n) is 18.8. The smallest absolute Gasteiger partial charge is 0.325 e. The Balaban J connectivity index is 0.000000196. The summed E-state index contributed by atoms with van der Waals surface area (Å²) in [5, 5.41) is 7.19. The van der Waals surface area contributed by atoms with Gasteiger partial charge in [-0.3, -0.25) is 9.13 Å². The van der Waals surface area contributed by atoms with Gasteiger partial charge in [0.05, 0.1) is 22.4 Å². The molecular formula is C23H29F2N7O. The summed E-state index contributed by atoms with van der Waals surface area (Å²) in [6.45, 7) is 0.689. The van der Waals surface area contributed by atoms with Crippen LogP contribution in [0.4, 0.5) is 8.78 Å². The molecule has 0 radical (unpaired) electrons. The van der Waals surface area contributed by atoms with E-state index in [1.807, 2.05) is 28.8 Å². The molecule has 8 nitrogen and oxygen atoms in total. The molecule has 1 unspecified atom stereocenters. The average Bonchev–Trinajstić information content (AvgIpc) is 3.39. The first kappa shape index (κ1) is 23.1. The van der Waals surface area contributed by atoms with Gasteiger partial charge >= 0.3 is 5.69 Å². The second kappa shape index (κ2) is 9.80. The van der Waals surface area contributed by atoms with Gasteiger partial charge in [-0.25, -0.2) is 23.1 Å². The molecule has 5 rings (SSSR count). The Morgan fingerprint density at radius 2 is 1.97 bits per heavy atom. The molecule has 0 bridgehead atoms. The molecule has 2 atom stereocenters. The van der Waals surface area contributed by atoms with Gasteiger partial charge in [0.25, 0.3) is 0 Å². The van der Waals surface area contributed by atoms with Crippen molar-refractivity contribution in [3.05, 3.63) is 64.2 Å². The van der Waals surface area contributed by atoms with Crippen molar-refractivity contribution in [3.8, 4) is 0 Å². The SMILES string of the molecule is Cn1c(=O)n(C)c2nc(CNC3CCCC[C@@H]3F)c(F)cc21.NCc1cccc2ccnn12. The van der Waals surface area contributed by atoms with E-state index in [1.54, 1.807) is 20.3 Å². The van der Waals surface area contributed by atoms with E-state index in [9.17, 15) is 13.6 Å². The van der Waals surface area contributed by atoms with Crippen molar-refractivity contribution in [1.29, 1.82) is 0 Å². The third-order valence-electron chi connectivity index (χ3n) is 6.18. The summed E-state index contributed by atoms with van der Waals surface area (Å²) < 4.78 is 32.6. The highest BCUT2D eigenvalue weighted by atomic mass is 19.1. The summed E-state index contributed by atoms with van der Waals surface area (Å²) in [6.07, 6.45) is 4.09. The van der Waals surface area contributed by atoms with Crippen molar-refractivity contribution in [3.63, 3.8) is 0 Å². The molecule has 4 aromatic heterocycles. The quantitative estimate of drug-likeness (QED) is 0.491. The van der Waals surface area contributed by atoms with Crippen molar-refractivity contribution >= 4 is 16.7 Å². The normalized spacial score (nSPS) is 18.5. The Morgan fingerprint density at radius 3 is 2.73 bits per heavy atom. The Hall–Kier alpha value is -3.11. The highest BCUT2D eigenvalue weighted by molar-refractivity contribution is 5.71. The van der Waals surface area contributed by atoms with Crippen LogP contribution in [0.3, 0.4) is 0 Å². The Bertz CT molecular complexity index is 1310. The third kappa shape index (κ3) is 4.67. The predicted octanol–water partition coefficient (Wildman–Crippen LogP) is 2.57. The van der Waals surface area contributed by atoms with Gasteiger partial charge < -0.3 is 11.1 Å². The molecule has 1 saturated carbocycles. The van der Waals surface area contributed by atoms with Gasteiger partial charge in [0.15, 0.2) is 5.65 Å². The number of rotatable bonds is 4. The maximum Gasteiger partial charge on any atom is 0.329 e. The van der Waals surface area contributed by atoms with E-state index in [4.69, 9.17) is 5.73 Å². The molecule has 176 valence electrons. The zero-order chi connectivity index (χ0) is 23.5. The number of nitrogens with one attached hydrogen (secondary N) is 1. The standard InChI is InChI=1S/C15H20F2N4O.C8H9N3/c1-20-13-7-10(17)12(19-14(13)21(2)15(20)22)8-18-11-6-4-3-5-9(11)16;9-6-8-3-1-2-7-4-5-10-11(7)8/h7,9,11,18H,3-6,8H2,1-2H3;1-5H,6,9H2/t9-,11?;/m0./s1. The minimum Gasteiger partial charge on any atom is -0.325 e. The zero-order valence-corrected chi connectivity index (χ0v) is 18.8. The fraction of sp³-hybridized carbons (Fsp3) is 0.435. The predicted molar refractivity (Wildman–Crippen MR) is 123 cm³/mol. The van der Waals surface area contributed by atoms with Crippen molar-refractivity contribution in [2.24, 2.45) is 19.8 Å². The number of hydrogen-bond donors (Lipinski definition) is 2. The summed E-state index contributed by atoms with van der Waals surface area (Å²) in [5.74, 6) is -0.479. The molecule has 0 amide bonds. The van der Waals surface area contributed by atoms with Crippen LogP contribution in [0.5, 0.6) is 0 Å². The fourth-order valence-electron chi connectivity index (χ4n) is 4.25. The lowest BCUT2D eigenvalue weighted by Crippen LogP contribution is -2.39. The fourth-order valence-corrected chi connectivity index (χ4v) is 4.25. The van der Waals surface area contributed by atoms with Crippen LogP contribution in [0.1, 0.15) is 37.1 Å². The highest BCUT2D eigenvalue weighted by Crippen LogP contribution is 2.22. The monoisotopic (exact) mass is 457 g/mol. The van der Waals surface area contributed by atoms with E-state index in [-0.39, 0.29) is 24.0 Å². The Kier molecular flexibility index (Phi) is 6.85. The van der Waals surface area contributed by atoms with E-state index in [0.29, 0.717) is 24.1 Å². The molecule has 0 aromatic carbocycles. The summed E-state index contributed by atoms with van der Waals surface area (Å²) in [7, 11) is 3.19. The van der Waals surface area contributed by atoms with Crippen LogP contribution >= 0.6 is 0 Å². The Labute approximate surface area is 190 Å². The summed E-state index contributed by atoms with van der Waals surface area (Å²) in [5.41, 5.74) is 8.50. The highest BCUT2D eigenvalue weighted by Gasteiger charge is 2.24. The second-order valence-corrected chi connectivity index (χ2v) is 8.34. The van der Waals surface area contributed by atoms with Gasteiger partial charge in [0.2, 0.25) is 0 Å². The summed E-state index contributed by atoms with van der Waals surface area (Å²) in [4.78, 5) is 16.1. The summed E-state index contributed by atoms with van der Waals surface area (Å²) >= 11 is 0. The molecular weight excluding hydrogens is 428 g/mol. The number of aromatic nitrogens is 5. The number of nitrogens with zero attached hydrogens (tertiary/aromatic N) is 5.